The number of furan rings is 1. The maximum absolute atomic E-state index is 12.6. The van der Waals surface area contributed by atoms with Gasteiger partial charge in [-0.25, -0.2) is 0 Å². The Kier molecular flexibility index (Phi) is 6.43. The Hall–Kier alpha value is -3.45. The normalized spacial score (nSPS) is 15.7. The van der Waals surface area contributed by atoms with Crippen LogP contribution in [0.2, 0.25) is 0 Å². The molecule has 6 nitrogen and oxygen atoms in total. The van der Waals surface area contributed by atoms with Crippen LogP contribution in [0, 0.1) is 0 Å². The van der Waals surface area contributed by atoms with Gasteiger partial charge in [-0.15, -0.1) is 11.8 Å². The second-order valence-corrected chi connectivity index (χ2v) is 8.03. The molecule has 0 radical (unpaired) electrons. The van der Waals surface area contributed by atoms with Gasteiger partial charge in [-0.1, -0.05) is 24.8 Å². The molecule has 0 bridgehead atoms. The van der Waals surface area contributed by atoms with Crippen molar-refractivity contribution >= 4 is 29.3 Å². The lowest BCUT2D eigenvalue weighted by molar-refractivity contribution is -0.128. The SMILES string of the molecule is C=CCOc1ccc(NC(=O)c2ccc([C@H]3SCC(=O)N3Cc3ccco3)cc2)cc1. The Bertz CT molecular complexity index is 1050. The van der Waals surface area contributed by atoms with Crippen molar-refractivity contribution in [3.8, 4) is 5.75 Å². The van der Waals surface area contributed by atoms with Crippen molar-refractivity contribution in [2.24, 2.45) is 0 Å². The van der Waals surface area contributed by atoms with E-state index in [1.165, 1.54) is 0 Å². The lowest BCUT2D eigenvalue weighted by Crippen LogP contribution is -2.27. The van der Waals surface area contributed by atoms with Gasteiger partial charge in [0.15, 0.2) is 0 Å². The predicted octanol–water partition coefficient (Wildman–Crippen LogP) is 4.87. The average molecular weight is 435 g/mol. The van der Waals surface area contributed by atoms with Crippen LogP contribution in [-0.4, -0.2) is 29.1 Å². The quantitative estimate of drug-likeness (QED) is 0.512. The lowest BCUT2D eigenvalue weighted by Gasteiger charge is -2.23. The third-order valence-electron chi connectivity index (χ3n) is 4.81. The van der Waals surface area contributed by atoms with E-state index in [9.17, 15) is 9.59 Å². The monoisotopic (exact) mass is 434 g/mol. The molecule has 1 N–H and O–H groups in total. The molecule has 0 aliphatic carbocycles. The number of ether oxygens (including phenoxy) is 1. The zero-order valence-corrected chi connectivity index (χ0v) is 17.6. The summed E-state index contributed by atoms with van der Waals surface area (Å²) in [5.74, 6) is 1.77. The molecule has 3 aromatic rings. The van der Waals surface area contributed by atoms with Gasteiger partial charge < -0.3 is 19.4 Å². The Morgan fingerprint density at radius 3 is 2.65 bits per heavy atom. The molecule has 1 aromatic heterocycles. The van der Waals surface area contributed by atoms with Crippen molar-refractivity contribution in [3.05, 3.63) is 96.5 Å². The highest BCUT2D eigenvalue weighted by molar-refractivity contribution is 8.00. The second-order valence-electron chi connectivity index (χ2n) is 6.96. The molecule has 7 heteroatoms. The molecule has 0 spiro atoms. The lowest BCUT2D eigenvalue weighted by atomic mass is 10.1. The van der Waals surface area contributed by atoms with Crippen LogP contribution in [-0.2, 0) is 11.3 Å². The van der Waals surface area contributed by atoms with E-state index in [0.29, 0.717) is 35.9 Å². The first kappa shape index (κ1) is 20.8. The van der Waals surface area contributed by atoms with Gasteiger partial charge >= 0.3 is 0 Å². The van der Waals surface area contributed by atoms with Crippen LogP contribution in [0.5, 0.6) is 5.75 Å². The van der Waals surface area contributed by atoms with Gasteiger partial charge in [0.1, 0.15) is 23.5 Å². The Balaban J connectivity index is 1.40. The van der Waals surface area contributed by atoms with Crippen molar-refractivity contribution in [3.63, 3.8) is 0 Å². The number of benzene rings is 2. The van der Waals surface area contributed by atoms with Crippen molar-refractivity contribution in [1.29, 1.82) is 0 Å². The van der Waals surface area contributed by atoms with Crippen molar-refractivity contribution in [2.45, 2.75) is 11.9 Å². The van der Waals surface area contributed by atoms with Crippen molar-refractivity contribution in [2.75, 3.05) is 17.7 Å². The number of hydrogen-bond donors (Lipinski definition) is 1. The van der Waals surface area contributed by atoms with Gasteiger partial charge in [-0.3, -0.25) is 9.59 Å². The molecule has 31 heavy (non-hydrogen) atoms. The standard InChI is InChI=1S/C24H22N2O4S/c1-2-13-29-20-11-9-19(10-12-20)25-23(28)17-5-7-18(8-6-17)24-26(22(27)16-31-24)15-21-4-3-14-30-21/h2-12,14,24H,1,13,15-16H2,(H,25,28)/t24-/m1/s1. The number of amides is 2. The van der Waals surface area contributed by atoms with Gasteiger partial charge in [0, 0.05) is 11.3 Å². The van der Waals surface area contributed by atoms with Gasteiger partial charge in [0.25, 0.3) is 5.91 Å². The molecule has 1 saturated heterocycles. The highest BCUT2D eigenvalue weighted by atomic mass is 32.2. The molecular formula is C24H22N2O4S. The molecule has 1 aliphatic rings. The molecule has 4 rings (SSSR count). The van der Waals surface area contributed by atoms with Crippen LogP contribution in [0.25, 0.3) is 0 Å². The molecule has 0 unspecified atom stereocenters. The first-order chi connectivity index (χ1) is 15.1. The minimum absolute atomic E-state index is 0.0775. The Labute approximate surface area is 184 Å². The minimum atomic E-state index is -0.200. The fourth-order valence-corrected chi connectivity index (χ4v) is 4.45. The summed E-state index contributed by atoms with van der Waals surface area (Å²) in [5.41, 5.74) is 2.20. The number of carbonyl (C=O) groups is 2. The van der Waals surface area contributed by atoms with Crippen LogP contribution in [0.3, 0.4) is 0 Å². The number of anilines is 1. The van der Waals surface area contributed by atoms with Crippen LogP contribution < -0.4 is 10.1 Å². The third kappa shape index (κ3) is 5.00. The van der Waals surface area contributed by atoms with Gasteiger partial charge in [0.2, 0.25) is 5.91 Å². The van der Waals surface area contributed by atoms with Gasteiger partial charge in [-0.05, 0) is 54.1 Å². The third-order valence-corrected chi connectivity index (χ3v) is 6.07. The number of carbonyl (C=O) groups excluding carboxylic acids is 2. The first-order valence-electron chi connectivity index (χ1n) is 9.82. The number of rotatable bonds is 8. The summed E-state index contributed by atoms with van der Waals surface area (Å²) in [5, 5.41) is 2.78. The Morgan fingerprint density at radius 2 is 1.97 bits per heavy atom. The van der Waals surface area contributed by atoms with E-state index in [-0.39, 0.29) is 17.2 Å². The molecule has 1 fully saturated rings. The zero-order chi connectivity index (χ0) is 21.6. The zero-order valence-electron chi connectivity index (χ0n) is 16.8. The number of thioether (sulfide) groups is 1. The van der Waals surface area contributed by atoms with Crippen LogP contribution in [0.15, 0.2) is 84.0 Å². The summed E-state index contributed by atoms with van der Waals surface area (Å²) in [6.07, 6.45) is 3.28. The maximum atomic E-state index is 12.6. The van der Waals surface area contributed by atoms with E-state index in [0.717, 1.165) is 11.3 Å². The van der Waals surface area contributed by atoms with Crippen LogP contribution >= 0.6 is 11.8 Å². The largest absolute Gasteiger partial charge is 0.490 e. The number of nitrogens with zero attached hydrogens (tertiary/aromatic N) is 1. The highest BCUT2D eigenvalue weighted by Crippen LogP contribution is 2.39. The smallest absolute Gasteiger partial charge is 0.255 e. The van der Waals surface area contributed by atoms with Gasteiger partial charge in [-0.2, -0.15) is 0 Å². The van der Waals surface area contributed by atoms with Gasteiger partial charge in [0.05, 0.1) is 18.6 Å². The molecular weight excluding hydrogens is 412 g/mol. The van der Waals surface area contributed by atoms with E-state index in [4.69, 9.17) is 9.15 Å². The van der Waals surface area contributed by atoms with Crippen LogP contribution in [0.4, 0.5) is 5.69 Å². The molecule has 2 heterocycles. The summed E-state index contributed by atoms with van der Waals surface area (Å²) in [7, 11) is 0. The molecule has 1 atom stereocenters. The summed E-state index contributed by atoms with van der Waals surface area (Å²) in [6.45, 7) is 4.48. The minimum Gasteiger partial charge on any atom is -0.490 e. The van der Waals surface area contributed by atoms with E-state index >= 15 is 0 Å². The summed E-state index contributed by atoms with van der Waals surface area (Å²) in [4.78, 5) is 26.7. The average Bonchev–Trinajstić information content (AvgIpc) is 3.44. The van der Waals surface area contributed by atoms with Crippen molar-refractivity contribution in [1.82, 2.24) is 4.90 Å². The Morgan fingerprint density at radius 1 is 1.19 bits per heavy atom. The molecule has 1 aliphatic heterocycles. The fourth-order valence-electron chi connectivity index (χ4n) is 3.26. The fraction of sp³-hybridized carbons (Fsp3) is 0.167. The predicted molar refractivity (Wildman–Crippen MR) is 121 cm³/mol. The second kappa shape index (κ2) is 9.57. The molecule has 2 amide bonds. The topological polar surface area (TPSA) is 71.8 Å². The summed E-state index contributed by atoms with van der Waals surface area (Å²) < 4.78 is 10.8. The van der Waals surface area contributed by atoms with E-state index in [2.05, 4.69) is 11.9 Å². The van der Waals surface area contributed by atoms with E-state index in [1.807, 2.05) is 24.3 Å². The molecule has 2 aromatic carbocycles. The van der Waals surface area contributed by atoms with E-state index in [1.54, 1.807) is 65.4 Å². The van der Waals surface area contributed by atoms with E-state index < -0.39 is 0 Å². The first-order valence-corrected chi connectivity index (χ1v) is 10.9. The summed E-state index contributed by atoms with van der Waals surface area (Å²) in [6, 6.07) is 18.2. The number of hydrogen-bond acceptors (Lipinski definition) is 5. The summed E-state index contributed by atoms with van der Waals surface area (Å²) >= 11 is 1.57. The number of nitrogens with one attached hydrogen (secondary N) is 1. The maximum Gasteiger partial charge on any atom is 0.255 e. The van der Waals surface area contributed by atoms with Crippen LogP contribution in [0.1, 0.15) is 27.1 Å². The van der Waals surface area contributed by atoms with Crippen molar-refractivity contribution < 1.29 is 18.7 Å². The highest BCUT2D eigenvalue weighted by Gasteiger charge is 2.33. The molecule has 0 saturated carbocycles. The molecule has 158 valence electrons.